The van der Waals surface area contributed by atoms with Crippen molar-refractivity contribution in [1.29, 1.82) is 0 Å². The van der Waals surface area contributed by atoms with Gasteiger partial charge >= 0.3 is 0 Å². The molecule has 11 heteroatoms. The van der Waals surface area contributed by atoms with Gasteiger partial charge in [-0.05, 0) is 42.5 Å². The molecule has 8 nitrogen and oxygen atoms in total. The van der Waals surface area contributed by atoms with Gasteiger partial charge in [0.25, 0.3) is 5.91 Å². The number of amides is 2. The van der Waals surface area contributed by atoms with Gasteiger partial charge in [0.15, 0.2) is 5.17 Å². The summed E-state index contributed by atoms with van der Waals surface area (Å²) in [7, 11) is 0. The molecule has 0 bridgehead atoms. The number of hydrogen-bond acceptors (Lipinski definition) is 7. The van der Waals surface area contributed by atoms with E-state index in [0.717, 1.165) is 5.69 Å². The Bertz CT molecular complexity index is 1150. The number of piperazine rings is 1. The lowest BCUT2D eigenvalue weighted by Crippen LogP contribution is -2.52. The van der Waals surface area contributed by atoms with Crippen LogP contribution in [0, 0.1) is 11.6 Å². The summed E-state index contributed by atoms with van der Waals surface area (Å²) in [5, 5.41) is 4.75. The molecular weight excluding hydrogens is 462 g/mol. The van der Waals surface area contributed by atoms with Crippen LogP contribution in [0.4, 0.5) is 20.2 Å². The third-order valence-electron chi connectivity index (χ3n) is 5.86. The van der Waals surface area contributed by atoms with Crippen LogP contribution in [-0.2, 0) is 9.59 Å². The zero-order valence-electron chi connectivity index (χ0n) is 18.1. The van der Waals surface area contributed by atoms with Crippen molar-refractivity contribution < 1.29 is 18.4 Å². The highest BCUT2D eigenvalue weighted by molar-refractivity contribution is 8.14. The quantitative estimate of drug-likeness (QED) is 0.719. The van der Waals surface area contributed by atoms with Gasteiger partial charge in [-0.25, -0.2) is 8.78 Å². The predicted octanol–water partition coefficient (Wildman–Crippen LogP) is 2.37. The van der Waals surface area contributed by atoms with Gasteiger partial charge in [0.2, 0.25) is 12.1 Å². The number of thioether (sulfide) groups is 1. The number of carbonyl (C=O) groups is 2. The molecule has 1 saturated heterocycles. The summed E-state index contributed by atoms with van der Waals surface area (Å²) in [6.45, 7) is 2.50. The average Bonchev–Trinajstić information content (AvgIpc) is 3.27. The molecule has 5 rings (SSSR count). The molecule has 0 spiro atoms. The summed E-state index contributed by atoms with van der Waals surface area (Å²) >= 11 is 1.26. The molecule has 2 amide bonds. The summed E-state index contributed by atoms with van der Waals surface area (Å²) in [5.41, 5.74) is 4.17. The minimum atomic E-state index is -0.745. The second kappa shape index (κ2) is 9.34. The van der Waals surface area contributed by atoms with Crippen molar-refractivity contribution in [3.05, 3.63) is 72.6 Å². The van der Waals surface area contributed by atoms with E-state index in [1.165, 1.54) is 40.9 Å². The largest absolute Gasteiger partial charge is 0.368 e. The maximum atomic E-state index is 13.6. The lowest BCUT2D eigenvalue weighted by atomic mass is 10.2. The van der Waals surface area contributed by atoms with E-state index in [1.54, 1.807) is 46.5 Å². The van der Waals surface area contributed by atoms with E-state index in [9.17, 15) is 18.4 Å². The molecule has 1 fully saturated rings. The third-order valence-corrected chi connectivity index (χ3v) is 6.82. The van der Waals surface area contributed by atoms with E-state index in [1.807, 2.05) is 0 Å². The molecule has 0 aromatic heterocycles. The molecule has 3 aliphatic rings. The predicted molar refractivity (Wildman–Crippen MR) is 127 cm³/mol. The first-order valence-electron chi connectivity index (χ1n) is 10.8. The van der Waals surface area contributed by atoms with Gasteiger partial charge in [-0.3, -0.25) is 24.8 Å². The van der Waals surface area contributed by atoms with E-state index in [-0.39, 0.29) is 23.4 Å². The number of hydrazone groups is 1. The van der Waals surface area contributed by atoms with Gasteiger partial charge in [0.1, 0.15) is 11.6 Å². The van der Waals surface area contributed by atoms with Crippen LogP contribution in [0.2, 0.25) is 0 Å². The minimum absolute atomic E-state index is 0.0105. The number of nitrogens with one attached hydrogen (secondary N) is 1. The van der Waals surface area contributed by atoms with Crippen molar-refractivity contribution in [2.24, 2.45) is 5.10 Å². The first kappa shape index (κ1) is 22.2. The molecule has 1 atom stereocenters. The van der Waals surface area contributed by atoms with Crippen LogP contribution in [0.3, 0.4) is 0 Å². The fraction of sp³-hybridized carbons (Fsp3) is 0.261. The van der Waals surface area contributed by atoms with E-state index < -0.39 is 12.0 Å². The topological polar surface area (TPSA) is 71.5 Å². The SMILES string of the molecule is O=C(CSC1=NNC2C(=O)N(c3cccc(F)c3)C=CN12)N1CCN(c2ccc(F)cc2)CC1. The summed E-state index contributed by atoms with van der Waals surface area (Å²) in [6.07, 6.45) is 2.51. The summed E-state index contributed by atoms with van der Waals surface area (Å²) in [6, 6.07) is 12.2. The van der Waals surface area contributed by atoms with Crippen LogP contribution in [0.25, 0.3) is 0 Å². The lowest BCUT2D eigenvalue weighted by Gasteiger charge is -2.36. The number of amidine groups is 1. The molecule has 3 aliphatic heterocycles. The Hall–Kier alpha value is -3.60. The molecule has 1 unspecified atom stereocenters. The Labute approximate surface area is 199 Å². The van der Waals surface area contributed by atoms with Crippen LogP contribution in [0.15, 0.2) is 66.0 Å². The van der Waals surface area contributed by atoms with Crippen molar-refractivity contribution in [3.8, 4) is 0 Å². The zero-order valence-corrected chi connectivity index (χ0v) is 18.9. The molecule has 1 N–H and O–H groups in total. The highest BCUT2D eigenvalue weighted by Gasteiger charge is 2.38. The molecule has 2 aromatic rings. The van der Waals surface area contributed by atoms with E-state index in [2.05, 4.69) is 15.4 Å². The molecule has 34 heavy (non-hydrogen) atoms. The second-order valence-corrected chi connectivity index (χ2v) is 8.89. The monoisotopic (exact) mass is 484 g/mol. The molecule has 2 aromatic carbocycles. The van der Waals surface area contributed by atoms with Crippen LogP contribution < -0.4 is 15.2 Å². The maximum absolute atomic E-state index is 13.6. The van der Waals surface area contributed by atoms with Gasteiger partial charge in [-0.15, -0.1) is 0 Å². The van der Waals surface area contributed by atoms with Crippen LogP contribution in [0.5, 0.6) is 0 Å². The van der Waals surface area contributed by atoms with E-state index in [4.69, 9.17) is 0 Å². The van der Waals surface area contributed by atoms with E-state index in [0.29, 0.717) is 37.0 Å². The zero-order chi connectivity index (χ0) is 23.7. The van der Waals surface area contributed by atoms with Crippen molar-refractivity contribution in [2.45, 2.75) is 6.17 Å². The number of carbonyl (C=O) groups excluding carboxylic acids is 2. The Balaban J connectivity index is 1.14. The maximum Gasteiger partial charge on any atom is 0.276 e. The van der Waals surface area contributed by atoms with Gasteiger partial charge in [-0.2, -0.15) is 5.10 Å². The number of hydrogen-bond donors (Lipinski definition) is 1. The van der Waals surface area contributed by atoms with Crippen molar-refractivity contribution in [2.75, 3.05) is 41.7 Å². The number of rotatable bonds is 4. The second-order valence-electron chi connectivity index (χ2n) is 7.95. The molecule has 0 aliphatic carbocycles. The van der Waals surface area contributed by atoms with Gasteiger partial charge in [0, 0.05) is 44.3 Å². The summed E-state index contributed by atoms with van der Waals surface area (Å²) in [5.74, 6) is -0.812. The highest BCUT2D eigenvalue weighted by atomic mass is 32.2. The minimum Gasteiger partial charge on any atom is -0.368 e. The molecular formula is C23H22F2N6O2S. The normalized spacial score (nSPS) is 19.8. The van der Waals surface area contributed by atoms with Gasteiger partial charge in [-0.1, -0.05) is 17.8 Å². The number of nitrogens with zero attached hydrogens (tertiary/aromatic N) is 5. The Morgan fingerprint density at radius 2 is 1.76 bits per heavy atom. The molecule has 3 heterocycles. The van der Waals surface area contributed by atoms with Crippen LogP contribution in [-0.4, -0.2) is 64.9 Å². The van der Waals surface area contributed by atoms with Crippen molar-refractivity contribution in [3.63, 3.8) is 0 Å². The Kier molecular flexibility index (Phi) is 6.10. The Morgan fingerprint density at radius 1 is 1.00 bits per heavy atom. The average molecular weight is 485 g/mol. The molecule has 0 saturated carbocycles. The Morgan fingerprint density at radius 3 is 2.50 bits per heavy atom. The third kappa shape index (κ3) is 4.43. The van der Waals surface area contributed by atoms with Gasteiger partial charge < -0.3 is 9.80 Å². The van der Waals surface area contributed by atoms with Crippen molar-refractivity contribution >= 4 is 40.1 Å². The van der Waals surface area contributed by atoms with E-state index >= 15 is 0 Å². The van der Waals surface area contributed by atoms with Crippen molar-refractivity contribution in [1.82, 2.24) is 15.2 Å². The number of anilines is 2. The standard InChI is InChI=1S/C23H22F2N6O2S/c24-16-4-6-18(7-5-16)28-8-10-29(11-9-28)20(32)15-34-23-27-26-21-22(33)30(12-13-31(21)23)19-3-1-2-17(25)14-19/h1-7,12-14,21,26H,8-11,15H2. The first-order valence-corrected chi connectivity index (χ1v) is 11.8. The molecule has 0 radical (unpaired) electrons. The smallest absolute Gasteiger partial charge is 0.276 e. The number of fused-ring (bicyclic) bond motifs is 1. The summed E-state index contributed by atoms with van der Waals surface area (Å²) in [4.78, 5) is 32.6. The van der Waals surface area contributed by atoms with Crippen LogP contribution in [0.1, 0.15) is 0 Å². The number of benzene rings is 2. The fourth-order valence-corrected chi connectivity index (χ4v) is 4.91. The molecule has 176 valence electrons. The highest BCUT2D eigenvalue weighted by Crippen LogP contribution is 2.26. The first-order chi connectivity index (χ1) is 16.5. The lowest BCUT2D eigenvalue weighted by molar-refractivity contribution is -0.128. The van der Waals surface area contributed by atoms with Crippen LogP contribution >= 0.6 is 11.8 Å². The number of halogens is 2. The summed E-state index contributed by atoms with van der Waals surface area (Å²) < 4.78 is 26.7. The fourth-order valence-electron chi connectivity index (χ4n) is 4.04. The van der Waals surface area contributed by atoms with Gasteiger partial charge in [0.05, 0.1) is 11.4 Å².